The number of halogens is 1. The highest BCUT2D eigenvalue weighted by molar-refractivity contribution is 9.10. The second-order valence-electron chi connectivity index (χ2n) is 4.18. The van der Waals surface area contributed by atoms with E-state index >= 15 is 0 Å². The molecule has 1 aliphatic carbocycles. The fraction of sp³-hybridized carbons (Fsp3) is 0.909. The molecule has 3 unspecified atom stereocenters. The standard InChI is InChI=1S/C11H20BrNO/c1-3-9-6-4-5-7-10(9)13-11(14)8(2)12/h8-10H,3-7H2,1-2H3,(H,13,14). The van der Waals surface area contributed by atoms with Gasteiger partial charge < -0.3 is 5.32 Å². The summed E-state index contributed by atoms with van der Waals surface area (Å²) in [6, 6.07) is 0.418. The second-order valence-corrected chi connectivity index (χ2v) is 5.56. The lowest BCUT2D eigenvalue weighted by atomic mass is 9.83. The maximum absolute atomic E-state index is 11.5. The molecular weight excluding hydrogens is 242 g/mol. The van der Waals surface area contributed by atoms with E-state index < -0.39 is 0 Å². The molecule has 0 aromatic carbocycles. The molecule has 1 rings (SSSR count). The summed E-state index contributed by atoms with van der Waals surface area (Å²) in [7, 11) is 0. The van der Waals surface area contributed by atoms with Crippen LogP contribution in [0.4, 0.5) is 0 Å². The fourth-order valence-electron chi connectivity index (χ4n) is 2.18. The lowest BCUT2D eigenvalue weighted by molar-refractivity contribution is -0.121. The molecule has 0 spiro atoms. The zero-order valence-electron chi connectivity index (χ0n) is 9.05. The Bertz CT molecular complexity index is 194. The van der Waals surface area contributed by atoms with Crippen LogP contribution in [-0.2, 0) is 4.79 Å². The molecule has 14 heavy (non-hydrogen) atoms. The number of carbonyl (C=O) groups is 1. The van der Waals surface area contributed by atoms with Crippen molar-refractivity contribution in [3.05, 3.63) is 0 Å². The second kappa shape index (κ2) is 5.74. The van der Waals surface area contributed by atoms with E-state index in [-0.39, 0.29) is 10.7 Å². The summed E-state index contributed by atoms with van der Waals surface area (Å²) < 4.78 is 0. The minimum Gasteiger partial charge on any atom is -0.352 e. The Morgan fingerprint density at radius 3 is 2.71 bits per heavy atom. The third-order valence-corrected chi connectivity index (χ3v) is 3.54. The van der Waals surface area contributed by atoms with Crippen molar-refractivity contribution in [1.29, 1.82) is 0 Å². The van der Waals surface area contributed by atoms with Crippen molar-refractivity contribution in [2.45, 2.75) is 56.8 Å². The van der Waals surface area contributed by atoms with Gasteiger partial charge in [-0.3, -0.25) is 4.79 Å². The average molecular weight is 262 g/mol. The van der Waals surface area contributed by atoms with Crippen LogP contribution in [0.2, 0.25) is 0 Å². The molecule has 2 nitrogen and oxygen atoms in total. The quantitative estimate of drug-likeness (QED) is 0.778. The van der Waals surface area contributed by atoms with Crippen LogP contribution >= 0.6 is 15.9 Å². The Morgan fingerprint density at radius 1 is 1.50 bits per heavy atom. The smallest absolute Gasteiger partial charge is 0.233 e. The van der Waals surface area contributed by atoms with Crippen LogP contribution in [0, 0.1) is 5.92 Å². The Hall–Kier alpha value is -0.0500. The van der Waals surface area contributed by atoms with Crippen LogP contribution in [0.25, 0.3) is 0 Å². The zero-order chi connectivity index (χ0) is 10.6. The first-order valence-corrected chi connectivity index (χ1v) is 6.51. The molecule has 82 valence electrons. The van der Waals surface area contributed by atoms with Crippen LogP contribution in [0.5, 0.6) is 0 Å². The molecule has 3 heteroatoms. The molecule has 0 bridgehead atoms. The highest BCUT2D eigenvalue weighted by Crippen LogP contribution is 2.26. The van der Waals surface area contributed by atoms with Gasteiger partial charge in [0, 0.05) is 6.04 Å². The first-order valence-electron chi connectivity index (χ1n) is 5.59. The molecule has 0 heterocycles. The molecule has 1 amide bonds. The molecule has 1 saturated carbocycles. The molecule has 0 saturated heterocycles. The predicted molar refractivity (Wildman–Crippen MR) is 62.6 cm³/mol. The van der Waals surface area contributed by atoms with Crippen molar-refractivity contribution >= 4 is 21.8 Å². The van der Waals surface area contributed by atoms with Crippen molar-refractivity contribution in [2.75, 3.05) is 0 Å². The predicted octanol–water partition coefficient (Wildman–Crippen LogP) is 2.85. The zero-order valence-corrected chi connectivity index (χ0v) is 10.6. The highest BCUT2D eigenvalue weighted by Gasteiger charge is 2.25. The summed E-state index contributed by atoms with van der Waals surface area (Å²) in [5, 5.41) is 3.13. The monoisotopic (exact) mass is 261 g/mol. The van der Waals surface area contributed by atoms with E-state index in [0.717, 1.165) is 6.42 Å². The van der Waals surface area contributed by atoms with Gasteiger partial charge in [-0.15, -0.1) is 0 Å². The molecule has 1 N–H and O–H groups in total. The van der Waals surface area contributed by atoms with Crippen molar-refractivity contribution in [3.63, 3.8) is 0 Å². The van der Waals surface area contributed by atoms with E-state index in [0.29, 0.717) is 12.0 Å². The van der Waals surface area contributed by atoms with Crippen LogP contribution in [0.3, 0.4) is 0 Å². The van der Waals surface area contributed by atoms with Crippen molar-refractivity contribution < 1.29 is 4.79 Å². The Labute approximate surface area is 95.0 Å². The van der Waals surface area contributed by atoms with Crippen LogP contribution in [0.15, 0.2) is 0 Å². The van der Waals surface area contributed by atoms with Gasteiger partial charge in [0.2, 0.25) is 5.91 Å². The number of alkyl halides is 1. The topological polar surface area (TPSA) is 29.1 Å². The lowest BCUT2D eigenvalue weighted by Gasteiger charge is -2.31. The van der Waals surface area contributed by atoms with E-state index in [4.69, 9.17) is 0 Å². The highest BCUT2D eigenvalue weighted by atomic mass is 79.9. The Kier molecular flexibility index (Phi) is 4.93. The van der Waals surface area contributed by atoms with Gasteiger partial charge in [-0.2, -0.15) is 0 Å². The van der Waals surface area contributed by atoms with Crippen molar-refractivity contribution in [1.82, 2.24) is 5.32 Å². The van der Waals surface area contributed by atoms with Gasteiger partial charge in [0.25, 0.3) is 0 Å². The molecule has 1 fully saturated rings. The summed E-state index contributed by atoms with van der Waals surface area (Å²) in [6.45, 7) is 4.09. The minimum absolute atomic E-state index is 0.0677. The normalized spacial score (nSPS) is 29.6. The third kappa shape index (κ3) is 3.26. The van der Waals surface area contributed by atoms with Crippen LogP contribution < -0.4 is 5.32 Å². The summed E-state index contributed by atoms with van der Waals surface area (Å²) in [5.74, 6) is 0.828. The largest absolute Gasteiger partial charge is 0.352 e. The first kappa shape index (κ1) is 12.0. The maximum Gasteiger partial charge on any atom is 0.233 e. The molecule has 0 aliphatic heterocycles. The minimum atomic E-state index is -0.0677. The van der Waals surface area contributed by atoms with Gasteiger partial charge in [-0.05, 0) is 25.7 Å². The van der Waals surface area contributed by atoms with E-state index in [9.17, 15) is 4.79 Å². The van der Waals surface area contributed by atoms with Crippen molar-refractivity contribution in [2.24, 2.45) is 5.92 Å². The van der Waals surface area contributed by atoms with Gasteiger partial charge in [0.05, 0.1) is 4.83 Å². The van der Waals surface area contributed by atoms with Gasteiger partial charge in [-0.25, -0.2) is 0 Å². The van der Waals surface area contributed by atoms with Crippen LogP contribution in [0.1, 0.15) is 46.0 Å². The summed E-state index contributed by atoms with van der Waals surface area (Å²) in [4.78, 5) is 11.4. The number of amides is 1. The third-order valence-electron chi connectivity index (χ3n) is 3.12. The Balaban J connectivity index is 2.44. The number of nitrogens with one attached hydrogen (secondary N) is 1. The maximum atomic E-state index is 11.5. The van der Waals surface area contributed by atoms with Gasteiger partial charge >= 0.3 is 0 Å². The van der Waals surface area contributed by atoms with Crippen LogP contribution in [-0.4, -0.2) is 16.8 Å². The van der Waals surface area contributed by atoms with E-state index in [2.05, 4.69) is 28.2 Å². The molecule has 3 atom stereocenters. The molecule has 0 aromatic heterocycles. The summed E-state index contributed by atoms with van der Waals surface area (Å²) in [6.07, 6.45) is 6.20. The summed E-state index contributed by atoms with van der Waals surface area (Å²) >= 11 is 3.30. The number of hydrogen-bond donors (Lipinski definition) is 1. The molecule has 0 radical (unpaired) electrons. The fourth-order valence-corrected chi connectivity index (χ4v) is 2.32. The van der Waals surface area contributed by atoms with Crippen molar-refractivity contribution in [3.8, 4) is 0 Å². The average Bonchev–Trinajstić information content (AvgIpc) is 2.18. The van der Waals surface area contributed by atoms with Gasteiger partial charge in [-0.1, -0.05) is 42.1 Å². The van der Waals surface area contributed by atoms with Gasteiger partial charge in [0.15, 0.2) is 0 Å². The van der Waals surface area contributed by atoms with E-state index in [1.54, 1.807) is 0 Å². The first-order chi connectivity index (χ1) is 6.65. The number of carbonyl (C=O) groups excluding carboxylic acids is 1. The van der Waals surface area contributed by atoms with E-state index in [1.165, 1.54) is 25.7 Å². The lowest BCUT2D eigenvalue weighted by Crippen LogP contribution is -2.44. The number of rotatable bonds is 3. The molecular formula is C11H20BrNO. The SMILES string of the molecule is CCC1CCCCC1NC(=O)C(C)Br. The molecule has 1 aliphatic rings. The van der Waals surface area contributed by atoms with Gasteiger partial charge in [0.1, 0.15) is 0 Å². The molecule has 0 aromatic rings. The van der Waals surface area contributed by atoms with E-state index in [1.807, 2.05) is 6.92 Å². The Morgan fingerprint density at radius 2 is 2.14 bits per heavy atom. The number of hydrogen-bond acceptors (Lipinski definition) is 1. The summed E-state index contributed by atoms with van der Waals surface area (Å²) in [5.41, 5.74) is 0.